The van der Waals surface area contributed by atoms with Gasteiger partial charge in [-0.05, 0) is 41.7 Å². The number of sulfone groups is 1. The molecule has 4 heteroatoms. The van der Waals surface area contributed by atoms with Gasteiger partial charge >= 0.3 is 0 Å². The number of nitrogens with two attached hydrogens (primary N) is 1. The van der Waals surface area contributed by atoms with Crippen LogP contribution < -0.4 is 5.73 Å². The molecule has 0 radical (unpaired) electrons. The molecule has 21 heavy (non-hydrogen) atoms. The van der Waals surface area contributed by atoms with Crippen LogP contribution in [-0.4, -0.2) is 14.2 Å². The van der Waals surface area contributed by atoms with Crippen molar-refractivity contribution in [3.63, 3.8) is 0 Å². The summed E-state index contributed by atoms with van der Waals surface area (Å²) < 4.78 is 24.7. The minimum Gasteiger partial charge on any atom is -0.399 e. The standard InChI is InChI=1S/C17H21NO2S/c1-13(2)14-7-9-16(10-8-14)21(19,20)12-11-15-5-3-4-6-17(15)18/h3-10,13H,11-12,18H2,1-2H3. The van der Waals surface area contributed by atoms with Crippen molar-refractivity contribution in [3.05, 3.63) is 59.7 Å². The summed E-state index contributed by atoms with van der Waals surface area (Å²) in [6, 6.07) is 14.5. The van der Waals surface area contributed by atoms with E-state index in [0.29, 0.717) is 22.9 Å². The number of rotatable bonds is 5. The maximum atomic E-state index is 12.4. The fourth-order valence-corrected chi connectivity index (χ4v) is 3.46. The molecule has 2 aromatic rings. The Morgan fingerprint density at radius 2 is 1.62 bits per heavy atom. The van der Waals surface area contributed by atoms with E-state index in [9.17, 15) is 8.42 Å². The molecule has 0 spiro atoms. The van der Waals surface area contributed by atoms with Crippen molar-refractivity contribution >= 4 is 15.5 Å². The molecule has 0 aliphatic carbocycles. The Bertz CT molecular complexity index is 704. The van der Waals surface area contributed by atoms with E-state index in [1.807, 2.05) is 30.3 Å². The largest absolute Gasteiger partial charge is 0.399 e. The van der Waals surface area contributed by atoms with Crippen LogP contribution in [0, 0.1) is 0 Å². The second-order valence-corrected chi connectivity index (χ2v) is 7.60. The third-order valence-electron chi connectivity index (χ3n) is 3.60. The molecular weight excluding hydrogens is 282 g/mol. The third-order valence-corrected chi connectivity index (χ3v) is 5.33. The molecule has 3 nitrogen and oxygen atoms in total. The normalized spacial score (nSPS) is 11.8. The average molecular weight is 303 g/mol. The lowest BCUT2D eigenvalue weighted by atomic mass is 10.0. The molecular formula is C17H21NO2S. The van der Waals surface area contributed by atoms with Gasteiger partial charge in [0.25, 0.3) is 0 Å². The van der Waals surface area contributed by atoms with E-state index in [0.717, 1.165) is 11.1 Å². The van der Waals surface area contributed by atoms with E-state index >= 15 is 0 Å². The molecule has 0 aliphatic heterocycles. The molecule has 0 fully saturated rings. The summed E-state index contributed by atoms with van der Waals surface area (Å²) in [7, 11) is -3.27. The quantitative estimate of drug-likeness (QED) is 0.861. The Kier molecular flexibility index (Phi) is 4.68. The van der Waals surface area contributed by atoms with E-state index in [1.54, 1.807) is 18.2 Å². The Labute approximate surface area is 126 Å². The van der Waals surface area contributed by atoms with Crippen molar-refractivity contribution in [1.82, 2.24) is 0 Å². The topological polar surface area (TPSA) is 60.2 Å². The zero-order valence-corrected chi connectivity index (χ0v) is 13.2. The third kappa shape index (κ3) is 3.85. The fourth-order valence-electron chi connectivity index (χ4n) is 2.18. The van der Waals surface area contributed by atoms with Crippen molar-refractivity contribution in [2.24, 2.45) is 0 Å². The zero-order chi connectivity index (χ0) is 15.5. The molecule has 0 bridgehead atoms. The van der Waals surface area contributed by atoms with Gasteiger partial charge in [0.15, 0.2) is 9.84 Å². The summed E-state index contributed by atoms with van der Waals surface area (Å²) >= 11 is 0. The smallest absolute Gasteiger partial charge is 0.178 e. The maximum absolute atomic E-state index is 12.4. The van der Waals surface area contributed by atoms with Gasteiger partial charge in [-0.15, -0.1) is 0 Å². The van der Waals surface area contributed by atoms with E-state index in [-0.39, 0.29) is 5.75 Å². The Hall–Kier alpha value is -1.81. The van der Waals surface area contributed by atoms with Crippen molar-refractivity contribution in [1.29, 1.82) is 0 Å². The van der Waals surface area contributed by atoms with E-state index in [4.69, 9.17) is 5.73 Å². The highest BCUT2D eigenvalue weighted by Crippen LogP contribution is 2.19. The molecule has 0 aliphatic rings. The Balaban J connectivity index is 2.13. The summed E-state index contributed by atoms with van der Waals surface area (Å²) in [5.41, 5.74) is 8.50. The number of aryl methyl sites for hydroxylation is 1. The van der Waals surface area contributed by atoms with Crippen LogP contribution in [0.25, 0.3) is 0 Å². The van der Waals surface area contributed by atoms with Crippen LogP contribution in [0.2, 0.25) is 0 Å². The molecule has 2 N–H and O–H groups in total. The summed E-state index contributed by atoms with van der Waals surface area (Å²) in [6.07, 6.45) is 0.431. The molecule has 0 saturated heterocycles. The van der Waals surface area contributed by atoms with Gasteiger partial charge in [-0.2, -0.15) is 0 Å². The molecule has 0 amide bonds. The van der Waals surface area contributed by atoms with Crippen molar-refractivity contribution in [3.8, 4) is 0 Å². The zero-order valence-electron chi connectivity index (χ0n) is 12.4. The number of hydrogen-bond acceptors (Lipinski definition) is 3. The molecule has 0 unspecified atom stereocenters. The Morgan fingerprint density at radius 3 is 2.19 bits per heavy atom. The second kappa shape index (κ2) is 6.31. The lowest BCUT2D eigenvalue weighted by Gasteiger charge is -2.09. The van der Waals surface area contributed by atoms with Crippen molar-refractivity contribution in [2.45, 2.75) is 31.1 Å². The number of hydrogen-bond donors (Lipinski definition) is 1. The van der Waals surface area contributed by atoms with Gasteiger partial charge in [0.2, 0.25) is 0 Å². The molecule has 0 saturated carbocycles. The first-order valence-electron chi connectivity index (χ1n) is 7.06. The lowest BCUT2D eigenvalue weighted by Crippen LogP contribution is -2.10. The summed E-state index contributed by atoms with van der Waals surface area (Å²) in [5, 5.41) is 0. The highest BCUT2D eigenvalue weighted by molar-refractivity contribution is 7.91. The molecule has 0 heterocycles. The van der Waals surface area contributed by atoms with E-state index in [1.165, 1.54) is 0 Å². The van der Waals surface area contributed by atoms with Gasteiger partial charge in [0, 0.05) is 5.69 Å². The van der Waals surface area contributed by atoms with Gasteiger partial charge in [-0.25, -0.2) is 8.42 Å². The number of anilines is 1. The predicted octanol–water partition coefficient (Wildman–Crippen LogP) is 3.41. The number of benzene rings is 2. The van der Waals surface area contributed by atoms with Crippen LogP contribution in [0.1, 0.15) is 30.9 Å². The maximum Gasteiger partial charge on any atom is 0.178 e. The summed E-state index contributed by atoms with van der Waals surface area (Å²) in [5.74, 6) is 0.466. The first-order chi connectivity index (χ1) is 9.90. The van der Waals surface area contributed by atoms with Crippen molar-refractivity contribution < 1.29 is 8.42 Å². The summed E-state index contributed by atoms with van der Waals surface area (Å²) in [6.45, 7) is 4.17. The second-order valence-electron chi connectivity index (χ2n) is 5.49. The molecule has 2 rings (SSSR count). The van der Waals surface area contributed by atoms with Crippen LogP contribution in [-0.2, 0) is 16.3 Å². The highest BCUT2D eigenvalue weighted by Gasteiger charge is 2.15. The highest BCUT2D eigenvalue weighted by atomic mass is 32.2. The van der Waals surface area contributed by atoms with Crippen molar-refractivity contribution in [2.75, 3.05) is 11.5 Å². The van der Waals surface area contributed by atoms with Gasteiger partial charge in [-0.3, -0.25) is 0 Å². The van der Waals surface area contributed by atoms with Gasteiger partial charge in [0.05, 0.1) is 10.6 Å². The first-order valence-corrected chi connectivity index (χ1v) is 8.71. The van der Waals surface area contributed by atoms with Crippen LogP contribution in [0.3, 0.4) is 0 Å². The van der Waals surface area contributed by atoms with Crippen LogP contribution >= 0.6 is 0 Å². The number of nitrogen functional groups attached to an aromatic ring is 1. The Morgan fingerprint density at radius 1 is 1.00 bits per heavy atom. The van der Waals surface area contributed by atoms with Gasteiger partial charge in [-0.1, -0.05) is 44.2 Å². The van der Waals surface area contributed by atoms with Crippen LogP contribution in [0.15, 0.2) is 53.4 Å². The van der Waals surface area contributed by atoms with Crippen LogP contribution in [0.5, 0.6) is 0 Å². The monoisotopic (exact) mass is 303 g/mol. The molecule has 112 valence electrons. The summed E-state index contributed by atoms with van der Waals surface area (Å²) in [4.78, 5) is 0.376. The van der Waals surface area contributed by atoms with Gasteiger partial charge < -0.3 is 5.73 Å². The minimum absolute atomic E-state index is 0.0717. The first kappa shape index (κ1) is 15.6. The van der Waals surface area contributed by atoms with E-state index < -0.39 is 9.84 Å². The lowest BCUT2D eigenvalue weighted by molar-refractivity contribution is 0.595. The fraction of sp³-hybridized carbons (Fsp3) is 0.294. The predicted molar refractivity (Wildman–Crippen MR) is 87.1 cm³/mol. The average Bonchev–Trinajstić information content (AvgIpc) is 2.46. The molecule has 2 aromatic carbocycles. The van der Waals surface area contributed by atoms with E-state index in [2.05, 4.69) is 13.8 Å². The SMILES string of the molecule is CC(C)c1ccc(S(=O)(=O)CCc2ccccc2N)cc1. The number of para-hydroxylation sites is 1. The molecule has 0 atom stereocenters. The van der Waals surface area contributed by atoms with Gasteiger partial charge in [0.1, 0.15) is 0 Å². The minimum atomic E-state index is -3.27. The van der Waals surface area contributed by atoms with Crippen LogP contribution in [0.4, 0.5) is 5.69 Å². The molecule has 0 aromatic heterocycles.